The molecule has 5 rings (SSSR count). The topological polar surface area (TPSA) is 51.9 Å². The first-order valence-corrected chi connectivity index (χ1v) is 10.4. The molecular formula is C24H25NO4. The molecule has 0 spiro atoms. The van der Waals surface area contributed by atoms with Gasteiger partial charge in [-0.25, -0.2) is 0 Å². The molecule has 2 aliphatic rings. The van der Waals surface area contributed by atoms with Gasteiger partial charge in [-0.2, -0.15) is 0 Å². The highest BCUT2D eigenvalue weighted by molar-refractivity contribution is 5.88. The van der Waals surface area contributed by atoms with E-state index >= 15 is 0 Å². The first-order chi connectivity index (χ1) is 14.2. The summed E-state index contributed by atoms with van der Waals surface area (Å²) in [5.74, 6) is 1.60. The van der Waals surface area contributed by atoms with E-state index in [1.54, 1.807) is 6.26 Å². The molecule has 150 valence electrons. The number of hydrogen-bond donors (Lipinski definition) is 0. The zero-order valence-corrected chi connectivity index (χ0v) is 16.7. The van der Waals surface area contributed by atoms with Gasteiger partial charge in [0.1, 0.15) is 18.8 Å². The highest BCUT2D eigenvalue weighted by Gasteiger charge is 2.22. The fourth-order valence-electron chi connectivity index (χ4n) is 4.40. The minimum absolute atomic E-state index is 0.0880. The zero-order valence-electron chi connectivity index (χ0n) is 16.7. The average Bonchev–Trinajstić information content (AvgIpc) is 3.36. The number of para-hydroxylation sites is 1. The first kappa shape index (κ1) is 18.1. The van der Waals surface area contributed by atoms with Crippen LogP contribution in [0.5, 0.6) is 11.5 Å². The number of benzene rings is 2. The number of likely N-dealkylation sites (N-methyl/N-ethyl adjacent to an activating group) is 1. The van der Waals surface area contributed by atoms with Crippen molar-refractivity contribution >= 4 is 16.9 Å². The Balaban J connectivity index is 1.37. The van der Waals surface area contributed by atoms with Crippen LogP contribution in [-0.4, -0.2) is 30.6 Å². The third kappa shape index (κ3) is 3.35. The van der Waals surface area contributed by atoms with Crippen LogP contribution >= 0.6 is 0 Å². The number of nitrogens with zero attached hydrogens (tertiary/aromatic N) is 1. The second-order valence-electron chi connectivity index (χ2n) is 7.76. The van der Waals surface area contributed by atoms with Gasteiger partial charge in [-0.3, -0.25) is 4.79 Å². The quantitative estimate of drug-likeness (QED) is 0.651. The normalized spacial score (nSPS) is 14.8. The molecule has 3 aromatic rings. The van der Waals surface area contributed by atoms with Crippen LogP contribution in [0, 0.1) is 0 Å². The Morgan fingerprint density at radius 1 is 1.07 bits per heavy atom. The number of fused-ring (bicyclic) bond motifs is 3. The van der Waals surface area contributed by atoms with E-state index < -0.39 is 0 Å². The molecule has 0 fully saturated rings. The molecule has 1 aliphatic carbocycles. The van der Waals surface area contributed by atoms with Crippen LogP contribution in [0.2, 0.25) is 0 Å². The number of furan rings is 1. The summed E-state index contributed by atoms with van der Waals surface area (Å²) in [6, 6.07) is 10.2. The predicted molar refractivity (Wildman–Crippen MR) is 110 cm³/mol. The van der Waals surface area contributed by atoms with E-state index in [4.69, 9.17) is 13.9 Å². The third-order valence-electron chi connectivity index (χ3n) is 5.95. The lowest BCUT2D eigenvalue weighted by Crippen LogP contribution is -2.32. The van der Waals surface area contributed by atoms with Gasteiger partial charge >= 0.3 is 0 Å². The summed E-state index contributed by atoms with van der Waals surface area (Å²) in [7, 11) is 0. The summed E-state index contributed by atoms with van der Waals surface area (Å²) in [4.78, 5) is 15.0. The van der Waals surface area contributed by atoms with Crippen LogP contribution in [0.1, 0.15) is 35.6 Å². The summed E-state index contributed by atoms with van der Waals surface area (Å²) in [6.07, 6.45) is 5.52. The van der Waals surface area contributed by atoms with Gasteiger partial charge in [-0.1, -0.05) is 12.1 Å². The van der Waals surface area contributed by atoms with Crippen LogP contribution in [-0.2, 0) is 30.6 Å². The highest BCUT2D eigenvalue weighted by Crippen LogP contribution is 2.35. The zero-order chi connectivity index (χ0) is 19.8. The van der Waals surface area contributed by atoms with Gasteiger partial charge in [0.05, 0.1) is 12.7 Å². The number of ether oxygens (including phenoxy) is 2. The number of hydrogen-bond acceptors (Lipinski definition) is 4. The number of rotatable bonds is 5. The fourth-order valence-corrected chi connectivity index (χ4v) is 4.40. The molecule has 0 radical (unpaired) electrons. The van der Waals surface area contributed by atoms with Crippen molar-refractivity contribution < 1.29 is 18.7 Å². The van der Waals surface area contributed by atoms with Crippen molar-refractivity contribution in [3.8, 4) is 11.5 Å². The maximum atomic E-state index is 13.1. The van der Waals surface area contributed by atoms with Crippen molar-refractivity contribution in [1.29, 1.82) is 0 Å². The number of aryl methyl sites for hydroxylation is 2. The van der Waals surface area contributed by atoms with Gasteiger partial charge in [0.15, 0.2) is 11.5 Å². The second-order valence-corrected chi connectivity index (χ2v) is 7.76. The van der Waals surface area contributed by atoms with Crippen molar-refractivity contribution in [2.75, 3.05) is 19.8 Å². The summed E-state index contributed by atoms with van der Waals surface area (Å²) >= 11 is 0. The summed E-state index contributed by atoms with van der Waals surface area (Å²) < 4.78 is 17.3. The molecule has 1 aromatic heterocycles. The van der Waals surface area contributed by atoms with Gasteiger partial charge in [0.2, 0.25) is 5.91 Å². The van der Waals surface area contributed by atoms with Crippen molar-refractivity contribution in [3.05, 3.63) is 58.8 Å². The molecule has 5 heteroatoms. The van der Waals surface area contributed by atoms with E-state index in [-0.39, 0.29) is 5.91 Å². The minimum atomic E-state index is 0.0880. The molecule has 0 N–H and O–H groups in total. The molecule has 2 aromatic carbocycles. The third-order valence-corrected chi connectivity index (χ3v) is 5.95. The average molecular weight is 391 g/mol. The van der Waals surface area contributed by atoms with Crippen molar-refractivity contribution in [3.63, 3.8) is 0 Å². The van der Waals surface area contributed by atoms with Crippen LogP contribution in [0.3, 0.4) is 0 Å². The lowest BCUT2D eigenvalue weighted by molar-refractivity contribution is -0.130. The van der Waals surface area contributed by atoms with Crippen LogP contribution in [0.15, 0.2) is 41.0 Å². The van der Waals surface area contributed by atoms with Gasteiger partial charge in [0.25, 0.3) is 0 Å². The maximum Gasteiger partial charge on any atom is 0.227 e. The van der Waals surface area contributed by atoms with Gasteiger partial charge in [-0.15, -0.1) is 0 Å². The van der Waals surface area contributed by atoms with E-state index in [1.165, 1.54) is 17.5 Å². The maximum absolute atomic E-state index is 13.1. The number of amides is 1. The van der Waals surface area contributed by atoms with Gasteiger partial charge in [-0.05, 0) is 55.5 Å². The molecular weight excluding hydrogens is 366 g/mol. The van der Waals surface area contributed by atoms with Crippen molar-refractivity contribution in [2.24, 2.45) is 0 Å². The SMILES string of the molecule is CCN(Cc1cccc2c1OCCO2)C(=O)Cc1coc2cc3c(cc12)CCC3. The summed E-state index contributed by atoms with van der Waals surface area (Å²) in [5.41, 5.74) is 5.61. The lowest BCUT2D eigenvalue weighted by Gasteiger charge is -2.25. The number of carbonyl (C=O) groups excluding carboxylic acids is 1. The molecule has 2 heterocycles. The van der Waals surface area contributed by atoms with E-state index in [0.29, 0.717) is 32.7 Å². The predicted octanol–water partition coefficient (Wildman–Crippen LogP) is 4.28. The standard InChI is InChI=1S/C24H25NO4/c1-2-25(14-18-7-4-8-21-24(18)28-10-9-27-21)23(26)13-19-15-29-22-12-17-6-3-5-16(17)11-20(19)22/h4,7-8,11-12,15H,2-3,5-6,9-10,13-14H2,1H3. The monoisotopic (exact) mass is 391 g/mol. The lowest BCUT2D eigenvalue weighted by atomic mass is 10.0. The molecule has 29 heavy (non-hydrogen) atoms. The van der Waals surface area contributed by atoms with E-state index in [2.05, 4.69) is 12.1 Å². The molecule has 0 atom stereocenters. The summed E-state index contributed by atoms with van der Waals surface area (Å²) in [6.45, 7) is 4.24. The Morgan fingerprint density at radius 2 is 1.90 bits per heavy atom. The molecule has 0 saturated carbocycles. The molecule has 0 saturated heterocycles. The molecule has 1 amide bonds. The Hall–Kier alpha value is -2.95. The van der Waals surface area contributed by atoms with Crippen molar-refractivity contribution in [2.45, 2.75) is 39.2 Å². The largest absolute Gasteiger partial charge is 0.486 e. The molecule has 0 bridgehead atoms. The van der Waals surface area contributed by atoms with Crippen LogP contribution in [0.4, 0.5) is 0 Å². The molecule has 5 nitrogen and oxygen atoms in total. The van der Waals surface area contributed by atoms with E-state index in [0.717, 1.165) is 46.4 Å². The Labute approximate surface area is 170 Å². The Morgan fingerprint density at radius 3 is 2.76 bits per heavy atom. The van der Waals surface area contributed by atoms with Crippen LogP contribution < -0.4 is 9.47 Å². The molecule has 1 aliphatic heterocycles. The second kappa shape index (κ2) is 7.47. The first-order valence-electron chi connectivity index (χ1n) is 10.4. The van der Waals surface area contributed by atoms with Gasteiger partial charge in [0, 0.05) is 29.6 Å². The van der Waals surface area contributed by atoms with Crippen LogP contribution in [0.25, 0.3) is 11.0 Å². The smallest absolute Gasteiger partial charge is 0.227 e. The summed E-state index contributed by atoms with van der Waals surface area (Å²) in [5, 5.41) is 1.07. The Bertz CT molecular complexity index is 1070. The van der Waals surface area contributed by atoms with Crippen molar-refractivity contribution in [1.82, 2.24) is 4.90 Å². The highest BCUT2D eigenvalue weighted by atomic mass is 16.6. The van der Waals surface area contributed by atoms with E-state index in [1.807, 2.05) is 30.0 Å². The van der Waals surface area contributed by atoms with E-state index in [9.17, 15) is 4.79 Å². The minimum Gasteiger partial charge on any atom is -0.486 e. The molecule has 0 unspecified atom stereocenters. The fraction of sp³-hybridized carbons (Fsp3) is 0.375. The Kier molecular flexibility index (Phi) is 4.66. The number of carbonyl (C=O) groups is 1. The van der Waals surface area contributed by atoms with Gasteiger partial charge < -0.3 is 18.8 Å².